The van der Waals surface area contributed by atoms with E-state index in [2.05, 4.69) is 84.5 Å². The predicted molar refractivity (Wildman–Crippen MR) is 146 cm³/mol. The maximum Gasteiger partial charge on any atom is 0.234 e. The summed E-state index contributed by atoms with van der Waals surface area (Å²) in [4.78, 5) is 15.0. The second-order valence-electron chi connectivity index (χ2n) is 8.40. The molecule has 0 saturated heterocycles. The molecule has 3 aromatic carbocycles. The lowest BCUT2D eigenvalue weighted by atomic mass is 10.1. The Morgan fingerprint density at radius 3 is 2.06 bits per heavy atom. The molecule has 4 rings (SSSR count). The predicted octanol–water partition coefficient (Wildman–Crippen LogP) is 6.13. The molecule has 1 heterocycles. The van der Waals surface area contributed by atoms with Crippen molar-refractivity contribution in [1.29, 1.82) is 0 Å². The lowest BCUT2D eigenvalue weighted by Crippen LogP contribution is -2.21. The van der Waals surface area contributed by atoms with Crippen LogP contribution in [-0.4, -0.2) is 39.5 Å². The number of aromatic nitrogens is 3. The number of nitrogens with zero attached hydrogens (tertiary/aromatic N) is 4. The van der Waals surface area contributed by atoms with Crippen LogP contribution in [0.4, 0.5) is 11.4 Å². The monoisotopic (exact) mass is 485 g/mol. The molecule has 35 heavy (non-hydrogen) atoms. The smallest absolute Gasteiger partial charge is 0.234 e. The number of benzene rings is 3. The quantitative estimate of drug-likeness (QED) is 0.289. The fourth-order valence-corrected chi connectivity index (χ4v) is 4.60. The zero-order valence-electron chi connectivity index (χ0n) is 20.7. The standard InChI is InChI=1S/C28H31N5OS/c1-5-32(6-2)24-17-13-23(14-18-24)29-26(34)19-35-28-31-30-27(22-11-7-20(3)8-12-22)33(28)25-15-9-21(4)10-16-25/h7-18H,5-6,19H2,1-4H3,(H,29,34). The van der Waals surface area contributed by atoms with Crippen molar-refractivity contribution in [2.75, 3.05) is 29.1 Å². The summed E-state index contributed by atoms with van der Waals surface area (Å²) >= 11 is 1.38. The molecule has 4 aromatic rings. The van der Waals surface area contributed by atoms with Gasteiger partial charge in [0, 0.05) is 35.7 Å². The summed E-state index contributed by atoms with van der Waals surface area (Å²) in [5, 5.41) is 12.6. The van der Waals surface area contributed by atoms with E-state index >= 15 is 0 Å². The van der Waals surface area contributed by atoms with Crippen LogP contribution in [0.25, 0.3) is 17.1 Å². The Morgan fingerprint density at radius 1 is 0.857 bits per heavy atom. The van der Waals surface area contributed by atoms with Crippen molar-refractivity contribution in [3.63, 3.8) is 0 Å². The molecule has 0 unspecified atom stereocenters. The van der Waals surface area contributed by atoms with Crippen molar-refractivity contribution in [3.05, 3.63) is 83.9 Å². The first kappa shape index (κ1) is 24.5. The molecule has 0 fully saturated rings. The minimum Gasteiger partial charge on any atom is -0.372 e. The highest BCUT2D eigenvalue weighted by Gasteiger charge is 2.17. The molecule has 0 atom stereocenters. The van der Waals surface area contributed by atoms with E-state index in [0.717, 1.165) is 41.5 Å². The number of amides is 1. The Balaban J connectivity index is 1.51. The second-order valence-corrected chi connectivity index (χ2v) is 9.34. The van der Waals surface area contributed by atoms with Crippen LogP contribution >= 0.6 is 11.8 Å². The van der Waals surface area contributed by atoms with Crippen molar-refractivity contribution in [2.45, 2.75) is 32.9 Å². The summed E-state index contributed by atoms with van der Waals surface area (Å²) in [7, 11) is 0. The van der Waals surface area contributed by atoms with E-state index < -0.39 is 0 Å². The highest BCUT2D eigenvalue weighted by Crippen LogP contribution is 2.28. The first-order chi connectivity index (χ1) is 17.0. The number of anilines is 2. The summed E-state index contributed by atoms with van der Waals surface area (Å²) in [6, 6.07) is 24.4. The average molecular weight is 486 g/mol. The molecule has 180 valence electrons. The van der Waals surface area contributed by atoms with Crippen molar-refractivity contribution < 1.29 is 4.79 Å². The molecule has 0 spiro atoms. The average Bonchev–Trinajstić information content (AvgIpc) is 3.29. The number of hydrogen-bond donors (Lipinski definition) is 1. The largest absolute Gasteiger partial charge is 0.372 e. The van der Waals surface area contributed by atoms with E-state index in [9.17, 15) is 4.79 Å². The zero-order chi connectivity index (χ0) is 24.8. The molecule has 0 aliphatic carbocycles. The third kappa shape index (κ3) is 5.92. The van der Waals surface area contributed by atoms with Gasteiger partial charge in [-0.1, -0.05) is 59.3 Å². The number of aryl methyl sites for hydroxylation is 2. The van der Waals surface area contributed by atoms with Crippen LogP contribution in [0.2, 0.25) is 0 Å². The number of nitrogens with one attached hydrogen (secondary N) is 1. The Morgan fingerprint density at radius 2 is 1.46 bits per heavy atom. The number of thioether (sulfide) groups is 1. The molecule has 6 nitrogen and oxygen atoms in total. The van der Waals surface area contributed by atoms with Crippen LogP contribution in [0.15, 0.2) is 78.0 Å². The van der Waals surface area contributed by atoms with Gasteiger partial charge in [-0.2, -0.15) is 0 Å². The summed E-state index contributed by atoms with van der Waals surface area (Å²) in [6.45, 7) is 10.3. The van der Waals surface area contributed by atoms with Gasteiger partial charge in [0.15, 0.2) is 11.0 Å². The number of carbonyl (C=O) groups excluding carboxylic acids is 1. The van der Waals surface area contributed by atoms with E-state index in [1.807, 2.05) is 41.0 Å². The summed E-state index contributed by atoms with van der Waals surface area (Å²) < 4.78 is 2.01. The molecular formula is C28H31N5OS. The third-order valence-corrected chi connectivity index (χ3v) is 6.78. The van der Waals surface area contributed by atoms with Crippen molar-refractivity contribution >= 4 is 29.0 Å². The molecule has 0 radical (unpaired) electrons. The van der Waals surface area contributed by atoms with E-state index in [1.54, 1.807) is 0 Å². The van der Waals surface area contributed by atoms with Gasteiger partial charge in [0.2, 0.25) is 5.91 Å². The molecule has 7 heteroatoms. The van der Waals surface area contributed by atoms with E-state index in [-0.39, 0.29) is 11.7 Å². The molecular weight excluding hydrogens is 454 g/mol. The first-order valence-electron chi connectivity index (χ1n) is 11.9. The lowest BCUT2D eigenvalue weighted by Gasteiger charge is -2.21. The van der Waals surface area contributed by atoms with Crippen molar-refractivity contribution in [3.8, 4) is 17.1 Å². The minimum absolute atomic E-state index is 0.0825. The topological polar surface area (TPSA) is 63.1 Å². The second kappa shape index (κ2) is 11.2. The van der Waals surface area contributed by atoms with Crippen LogP contribution in [0, 0.1) is 13.8 Å². The Kier molecular flexibility index (Phi) is 7.87. The molecule has 0 aliphatic rings. The minimum atomic E-state index is -0.0825. The maximum atomic E-state index is 12.7. The summed E-state index contributed by atoms with van der Waals surface area (Å²) in [5.41, 5.74) is 6.24. The van der Waals surface area contributed by atoms with Gasteiger partial charge in [0.05, 0.1) is 5.75 Å². The molecule has 0 saturated carbocycles. The van der Waals surface area contributed by atoms with Gasteiger partial charge in [-0.15, -0.1) is 10.2 Å². The SMILES string of the molecule is CCN(CC)c1ccc(NC(=O)CSc2nnc(-c3ccc(C)cc3)n2-c2ccc(C)cc2)cc1. The van der Waals surface area contributed by atoms with Crippen LogP contribution in [0.1, 0.15) is 25.0 Å². The van der Waals surface area contributed by atoms with Gasteiger partial charge in [0.25, 0.3) is 0 Å². The van der Waals surface area contributed by atoms with Crippen molar-refractivity contribution in [1.82, 2.24) is 14.8 Å². The van der Waals surface area contributed by atoms with E-state index in [0.29, 0.717) is 5.16 Å². The van der Waals surface area contributed by atoms with Crippen LogP contribution in [-0.2, 0) is 4.79 Å². The van der Waals surface area contributed by atoms with Gasteiger partial charge in [-0.3, -0.25) is 9.36 Å². The number of rotatable bonds is 9. The highest BCUT2D eigenvalue weighted by molar-refractivity contribution is 7.99. The third-order valence-electron chi connectivity index (χ3n) is 5.85. The molecule has 0 bridgehead atoms. The summed E-state index contributed by atoms with van der Waals surface area (Å²) in [6.07, 6.45) is 0. The lowest BCUT2D eigenvalue weighted by molar-refractivity contribution is -0.113. The Hall–Kier alpha value is -3.58. The number of carbonyl (C=O) groups is 1. The molecule has 0 aliphatic heterocycles. The van der Waals surface area contributed by atoms with Crippen molar-refractivity contribution in [2.24, 2.45) is 0 Å². The van der Waals surface area contributed by atoms with Crippen LogP contribution < -0.4 is 10.2 Å². The van der Waals surface area contributed by atoms with Gasteiger partial charge in [-0.25, -0.2) is 0 Å². The fourth-order valence-electron chi connectivity index (χ4n) is 3.85. The normalized spacial score (nSPS) is 10.9. The van der Waals surface area contributed by atoms with Gasteiger partial charge in [-0.05, 0) is 64.1 Å². The summed E-state index contributed by atoms with van der Waals surface area (Å²) in [5.74, 6) is 0.903. The van der Waals surface area contributed by atoms with Crippen LogP contribution in [0.5, 0.6) is 0 Å². The fraction of sp³-hybridized carbons (Fsp3) is 0.250. The number of hydrogen-bond acceptors (Lipinski definition) is 5. The first-order valence-corrected chi connectivity index (χ1v) is 12.8. The highest BCUT2D eigenvalue weighted by atomic mass is 32.2. The van der Waals surface area contributed by atoms with Gasteiger partial charge >= 0.3 is 0 Å². The van der Waals surface area contributed by atoms with Crippen LogP contribution in [0.3, 0.4) is 0 Å². The van der Waals surface area contributed by atoms with E-state index in [4.69, 9.17) is 0 Å². The van der Waals surface area contributed by atoms with Gasteiger partial charge < -0.3 is 10.2 Å². The maximum absolute atomic E-state index is 12.7. The van der Waals surface area contributed by atoms with E-state index in [1.165, 1.54) is 22.9 Å². The molecule has 1 aromatic heterocycles. The molecule has 1 N–H and O–H groups in total. The van der Waals surface area contributed by atoms with Gasteiger partial charge in [0.1, 0.15) is 0 Å². The Bertz CT molecular complexity index is 1260. The Labute approximate surface area is 211 Å². The zero-order valence-corrected chi connectivity index (χ0v) is 21.5. The molecule has 1 amide bonds.